The first-order valence-electron chi connectivity index (χ1n) is 5.68. The summed E-state index contributed by atoms with van der Waals surface area (Å²) in [5.41, 5.74) is -1.24. The molecule has 0 aliphatic carbocycles. The predicted octanol–water partition coefficient (Wildman–Crippen LogP) is 3.05. The summed E-state index contributed by atoms with van der Waals surface area (Å²) >= 11 is 0. The molecule has 2 N–H and O–H groups in total. The standard InChI is InChI=1S/C14H8F3NO3/c15-10-5-4-7(6-9(10)14(20)21)18-13(19)8-2-1-3-11(16)12(8)17/h1-6H,(H,18,19)(H,20,21). The quantitative estimate of drug-likeness (QED) is 0.914. The maximum Gasteiger partial charge on any atom is 0.338 e. The van der Waals surface area contributed by atoms with E-state index in [0.29, 0.717) is 0 Å². The predicted molar refractivity (Wildman–Crippen MR) is 67.7 cm³/mol. The second kappa shape index (κ2) is 5.66. The van der Waals surface area contributed by atoms with Crippen LogP contribution in [0.25, 0.3) is 0 Å². The summed E-state index contributed by atoms with van der Waals surface area (Å²) in [7, 11) is 0. The number of carboxylic acids is 1. The number of halogens is 3. The van der Waals surface area contributed by atoms with Crippen molar-refractivity contribution in [2.75, 3.05) is 5.32 Å². The van der Waals surface area contributed by atoms with Gasteiger partial charge in [0.05, 0.1) is 11.1 Å². The SMILES string of the molecule is O=C(O)c1cc(NC(=O)c2cccc(F)c2F)ccc1F. The van der Waals surface area contributed by atoms with Crippen molar-refractivity contribution < 1.29 is 27.9 Å². The number of amides is 1. The topological polar surface area (TPSA) is 66.4 Å². The average Bonchev–Trinajstić information content (AvgIpc) is 2.43. The van der Waals surface area contributed by atoms with Crippen LogP contribution in [0.2, 0.25) is 0 Å². The van der Waals surface area contributed by atoms with Crippen LogP contribution in [0.15, 0.2) is 36.4 Å². The first-order chi connectivity index (χ1) is 9.90. The van der Waals surface area contributed by atoms with Gasteiger partial charge >= 0.3 is 5.97 Å². The van der Waals surface area contributed by atoms with Gasteiger partial charge < -0.3 is 10.4 Å². The number of anilines is 1. The van der Waals surface area contributed by atoms with Crippen LogP contribution < -0.4 is 5.32 Å². The first-order valence-corrected chi connectivity index (χ1v) is 5.68. The lowest BCUT2D eigenvalue weighted by molar-refractivity contribution is 0.0691. The molecular weight excluding hydrogens is 287 g/mol. The largest absolute Gasteiger partial charge is 0.478 e. The van der Waals surface area contributed by atoms with E-state index in [1.54, 1.807) is 0 Å². The van der Waals surface area contributed by atoms with Crippen LogP contribution in [-0.4, -0.2) is 17.0 Å². The monoisotopic (exact) mass is 295 g/mol. The Labute approximate surface area is 116 Å². The van der Waals surface area contributed by atoms with E-state index in [4.69, 9.17) is 5.11 Å². The second-order valence-electron chi connectivity index (χ2n) is 4.06. The van der Waals surface area contributed by atoms with Crippen LogP contribution >= 0.6 is 0 Å². The van der Waals surface area contributed by atoms with E-state index in [2.05, 4.69) is 5.32 Å². The molecule has 0 heterocycles. The van der Waals surface area contributed by atoms with Crippen molar-refractivity contribution in [3.05, 3.63) is 65.0 Å². The Morgan fingerprint density at radius 2 is 1.67 bits per heavy atom. The number of carboxylic acid groups (broad SMARTS) is 1. The van der Waals surface area contributed by atoms with E-state index in [1.807, 2.05) is 0 Å². The van der Waals surface area contributed by atoms with E-state index >= 15 is 0 Å². The molecule has 21 heavy (non-hydrogen) atoms. The zero-order chi connectivity index (χ0) is 15.6. The number of carbonyl (C=O) groups excluding carboxylic acids is 1. The molecule has 2 rings (SSSR count). The Morgan fingerprint density at radius 1 is 0.952 bits per heavy atom. The fourth-order valence-corrected chi connectivity index (χ4v) is 1.64. The molecule has 0 aromatic heterocycles. The van der Waals surface area contributed by atoms with Gasteiger partial charge in [0.15, 0.2) is 11.6 Å². The van der Waals surface area contributed by atoms with Crippen LogP contribution in [0.4, 0.5) is 18.9 Å². The molecule has 4 nitrogen and oxygen atoms in total. The maximum absolute atomic E-state index is 13.4. The second-order valence-corrected chi connectivity index (χ2v) is 4.06. The number of hydrogen-bond donors (Lipinski definition) is 2. The lowest BCUT2D eigenvalue weighted by atomic mass is 10.1. The van der Waals surface area contributed by atoms with Crippen molar-refractivity contribution in [3.63, 3.8) is 0 Å². The molecule has 0 bridgehead atoms. The summed E-state index contributed by atoms with van der Waals surface area (Å²) in [5.74, 6) is -5.98. The number of hydrogen-bond acceptors (Lipinski definition) is 2. The lowest BCUT2D eigenvalue weighted by Crippen LogP contribution is -2.15. The van der Waals surface area contributed by atoms with Crippen molar-refractivity contribution in [1.29, 1.82) is 0 Å². The van der Waals surface area contributed by atoms with Gasteiger partial charge in [-0.25, -0.2) is 18.0 Å². The Morgan fingerprint density at radius 3 is 2.33 bits per heavy atom. The molecule has 2 aromatic carbocycles. The van der Waals surface area contributed by atoms with E-state index in [1.165, 1.54) is 0 Å². The van der Waals surface area contributed by atoms with E-state index in [-0.39, 0.29) is 5.69 Å². The third kappa shape index (κ3) is 3.02. The molecule has 108 valence electrons. The molecule has 0 aliphatic heterocycles. The Balaban J connectivity index is 2.30. The molecule has 2 aromatic rings. The Hall–Kier alpha value is -2.83. The molecule has 0 aliphatic rings. The number of benzene rings is 2. The smallest absolute Gasteiger partial charge is 0.338 e. The highest BCUT2D eigenvalue weighted by molar-refractivity contribution is 6.05. The van der Waals surface area contributed by atoms with Crippen molar-refractivity contribution in [2.45, 2.75) is 0 Å². The summed E-state index contributed by atoms with van der Waals surface area (Å²) < 4.78 is 39.7. The van der Waals surface area contributed by atoms with Gasteiger partial charge in [0, 0.05) is 5.69 Å². The number of nitrogens with one attached hydrogen (secondary N) is 1. The molecule has 7 heteroatoms. The molecule has 0 saturated carbocycles. The normalized spacial score (nSPS) is 10.2. The van der Waals surface area contributed by atoms with Gasteiger partial charge in [0.2, 0.25) is 0 Å². The van der Waals surface area contributed by atoms with Gasteiger partial charge in [0.1, 0.15) is 5.82 Å². The zero-order valence-electron chi connectivity index (χ0n) is 10.4. The molecule has 0 unspecified atom stereocenters. The van der Waals surface area contributed by atoms with Crippen molar-refractivity contribution in [1.82, 2.24) is 0 Å². The minimum atomic E-state index is -1.51. The molecule has 0 fully saturated rings. The minimum Gasteiger partial charge on any atom is -0.478 e. The van der Waals surface area contributed by atoms with Crippen molar-refractivity contribution in [3.8, 4) is 0 Å². The van der Waals surface area contributed by atoms with Crippen molar-refractivity contribution in [2.24, 2.45) is 0 Å². The highest BCUT2D eigenvalue weighted by Crippen LogP contribution is 2.17. The van der Waals surface area contributed by atoms with Crippen LogP contribution in [0.1, 0.15) is 20.7 Å². The average molecular weight is 295 g/mol. The highest BCUT2D eigenvalue weighted by atomic mass is 19.2. The molecular formula is C14H8F3NO3. The van der Waals surface area contributed by atoms with Gasteiger partial charge in [-0.3, -0.25) is 4.79 Å². The fraction of sp³-hybridized carbons (Fsp3) is 0. The van der Waals surface area contributed by atoms with Gasteiger partial charge in [-0.2, -0.15) is 0 Å². The minimum absolute atomic E-state index is 0.0533. The summed E-state index contributed by atoms with van der Waals surface area (Å²) in [5, 5.41) is 10.9. The molecule has 0 saturated heterocycles. The third-order valence-electron chi connectivity index (χ3n) is 2.65. The van der Waals surface area contributed by atoms with Crippen LogP contribution in [0.3, 0.4) is 0 Å². The van der Waals surface area contributed by atoms with Crippen LogP contribution in [-0.2, 0) is 0 Å². The molecule has 0 spiro atoms. The van der Waals surface area contributed by atoms with Crippen LogP contribution in [0, 0.1) is 17.5 Å². The van der Waals surface area contributed by atoms with E-state index < -0.39 is 40.5 Å². The third-order valence-corrected chi connectivity index (χ3v) is 2.65. The molecule has 0 radical (unpaired) electrons. The van der Waals surface area contributed by atoms with Gasteiger partial charge in [0.25, 0.3) is 5.91 Å². The molecule has 1 amide bonds. The fourth-order valence-electron chi connectivity index (χ4n) is 1.64. The van der Waals surface area contributed by atoms with E-state index in [9.17, 15) is 22.8 Å². The first kappa shape index (κ1) is 14.6. The van der Waals surface area contributed by atoms with Crippen molar-refractivity contribution >= 4 is 17.6 Å². The molecule has 0 atom stereocenters. The van der Waals surface area contributed by atoms with Crippen LogP contribution in [0.5, 0.6) is 0 Å². The number of carbonyl (C=O) groups is 2. The lowest BCUT2D eigenvalue weighted by Gasteiger charge is -2.07. The van der Waals surface area contributed by atoms with Gasteiger partial charge in [-0.15, -0.1) is 0 Å². The summed E-state index contributed by atoms with van der Waals surface area (Å²) in [6.45, 7) is 0. The Kier molecular flexibility index (Phi) is 3.93. The summed E-state index contributed by atoms with van der Waals surface area (Å²) in [6, 6.07) is 5.91. The number of aromatic carboxylic acids is 1. The highest BCUT2D eigenvalue weighted by Gasteiger charge is 2.17. The maximum atomic E-state index is 13.4. The summed E-state index contributed by atoms with van der Waals surface area (Å²) in [4.78, 5) is 22.6. The van der Waals surface area contributed by atoms with Gasteiger partial charge in [-0.05, 0) is 30.3 Å². The Bertz CT molecular complexity index is 731. The zero-order valence-corrected chi connectivity index (χ0v) is 10.4. The summed E-state index contributed by atoms with van der Waals surface area (Å²) in [6.07, 6.45) is 0. The van der Waals surface area contributed by atoms with E-state index in [0.717, 1.165) is 36.4 Å². The number of rotatable bonds is 3. The van der Waals surface area contributed by atoms with Gasteiger partial charge in [-0.1, -0.05) is 6.07 Å².